The first-order valence-corrected chi connectivity index (χ1v) is 8.69. The molecular formula is C18H24N2O2S. The van der Waals surface area contributed by atoms with Crippen molar-refractivity contribution >= 4 is 17.2 Å². The lowest BCUT2D eigenvalue weighted by atomic mass is 10.2. The highest BCUT2D eigenvalue weighted by molar-refractivity contribution is 7.09. The van der Waals surface area contributed by atoms with Crippen LogP contribution in [-0.2, 0) is 11.3 Å². The summed E-state index contributed by atoms with van der Waals surface area (Å²) in [5.41, 5.74) is 1.15. The van der Waals surface area contributed by atoms with E-state index in [-0.39, 0.29) is 5.91 Å². The molecule has 23 heavy (non-hydrogen) atoms. The number of likely N-dealkylation sites (N-methyl/N-ethyl adjacent to an activating group) is 1. The molecule has 0 radical (unpaired) electrons. The van der Waals surface area contributed by atoms with Gasteiger partial charge in [-0.2, -0.15) is 0 Å². The lowest BCUT2D eigenvalue weighted by molar-refractivity contribution is -0.122. The molecule has 0 fully saturated rings. The van der Waals surface area contributed by atoms with Crippen molar-refractivity contribution in [3.05, 3.63) is 52.2 Å². The van der Waals surface area contributed by atoms with E-state index >= 15 is 0 Å². The maximum atomic E-state index is 11.9. The highest BCUT2D eigenvalue weighted by atomic mass is 32.1. The van der Waals surface area contributed by atoms with Crippen LogP contribution in [0.2, 0.25) is 0 Å². The second-order valence-electron chi connectivity index (χ2n) is 5.56. The Balaban J connectivity index is 1.58. The summed E-state index contributed by atoms with van der Waals surface area (Å²) in [4.78, 5) is 15.1. The Kier molecular flexibility index (Phi) is 7.10. The number of ether oxygens (including phenoxy) is 1. The number of hydrogen-bond acceptors (Lipinski definition) is 4. The van der Waals surface area contributed by atoms with E-state index in [0.29, 0.717) is 19.7 Å². The van der Waals surface area contributed by atoms with Crippen molar-refractivity contribution < 1.29 is 9.53 Å². The average molecular weight is 332 g/mol. The second-order valence-corrected chi connectivity index (χ2v) is 6.59. The highest BCUT2D eigenvalue weighted by Crippen LogP contribution is 2.16. The Labute approximate surface area is 142 Å². The molecule has 0 saturated heterocycles. The molecule has 1 amide bonds. The molecule has 5 heteroatoms. The third kappa shape index (κ3) is 6.42. The van der Waals surface area contributed by atoms with Gasteiger partial charge >= 0.3 is 0 Å². The van der Waals surface area contributed by atoms with Gasteiger partial charge in [0.1, 0.15) is 5.75 Å². The maximum Gasteiger partial charge on any atom is 0.234 e. The molecule has 1 aromatic carbocycles. The van der Waals surface area contributed by atoms with Gasteiger partial charge in [-0.25, -0.2) is 0 Å². The number of nitrogens with one attached hydrogen (secondary N) is 1. The van der Waals surface area contributed by atoms with Crippen molar-refractivity contribution in [3.8, 4) is 5.75 Å². The third-order valence-corrected chi connectivity index (χ3v) is 4.37. The fourth-order valence-corrected chi connectivity index (χ4v) is 2.86. The van der Waals surface area contributed by atoms with Crippen LogP contribution < -0.4 is 10.1 Å². The number of thiophene rings is 1. The van der Waals surface area contributed by atoms with E-state index in [1.807, 2.05) is 60.6 Å². The molecule has 2 rings (SSSR count). The van der Waals surface area contributed by atoms with Gasteiger partial charge in [0.15, 0.2) is 0 Å². The van der Waals surface area contributed by atoms with Crippen molar-refractivity contribution in [2.75, 3.05) is 26.7 Å². The van der Waals surface area contributed by atoms with Gasteiger partial charge in [-0.05, 0) is 43.5 Å². The fraction of sp³-hybridized carbons (Fsp3) is 0.389. The average Bonchev–Trinajstić information content (AvgIpc) is 3.04. The van der Waals surface area contributed by atoms with Crippen LogP contribution in [-0.4, -0.2) is 37.6 Å². The van der Waals surface area contributed by atoms with Gasteiger partial charge in [0.25, 0.3) is 0 Å². The molecule has 4 nitrogen and oxygen atoms in total. The Hall–Kier alpha value is -1.85. The number of aryl methyl sites for hydroxylation is 1. The van der Waals surface area contributed by atoms with Crippen LogP contribution in [0.1, 0.15) is 16.9 Å². The summed E-state index contributed by atoms with van der Waals surface area (Å²) in [6.07, 6.45) is 0.892. The van der Waals surface area contributed by atoms with E-state index in [9.17, 15) is 4.79 Å². The third-order valence-electron chi connectivity index (χ3n) is 3.49. The van der Waals surface area contributed by atoms with Crippen LogP contribution >= 0.6 is 11.3 Å². The summed E-state index contributed by atoms with van der Waals surface area (Å²) in [5.74, 6) is 0.990. The number of carbonyl (C=O) groups excluding carboxylic acids is 1. The van der Waals surface area contributed by atoms with E-state index in [4.69, 9.17) is 4.74 Å². The largest absolute Gasteiger partial charge is 0.493 e. The first-order chi connectivity index (χ1) is 11.1. The molecule has 0 spiro atoms. The zero-order valence-electron chi connectivity index (χ0n) is 13.7. The van der Waals surface area contributed by atoms with Crippen LogP contribution in [0.4, 0.5) is 0 Å². The monoisotopic (exact) mass is 332 g/mol. The van der Waals surface area contributed by atoms with Gasteiger partial charge in [0, 0.05) is 11.4 Å². The minimum absolute atomic E-state index is 0.0562. The van der Waals surface area contributed by atoms with Crippen molar-refractivity contribution in [2.45, 2.75) is 19.9 Å². The number of carbonyl (C=O) groups is 1. The number of para-hydroxylation sites is 1. The maximum absolute atomic E-state index is 11.9. The van der Waals surface area contributed by atoms with E-state index in [0.717, 1.165) is 24.3 Å². The van der Waals surface area contributed by atoms with Crippen LogP contribution in [0.15, 0.2) is 41.8 Å². The first kappa shape index (κ1) is 17.5. The standard InChI is InChI=1S/C18H24N2O2S/c1-15-7-3-4-9-17(15)22-11-6-10-20(2)14-18(21)19-13-16-8-5-12-23-16/h3-5,7-9,12H,6,10-11,13-14H2,1-2H3,(H,19,21). The summed E-state index contributed by atoms with van der Waals surface area (Å²) in [6.45, 7) is 4.56. The summed E-state index contributed by atoms with van der Waals surface area (Å²) < 4.78 is 5.76. The molecule has 0 atom stereocenters. The van der Waals surface area contributed by atoms with Gasteiger partial charge in [-0.15, -0.1) is 11.3 Å². The van der Waals surface area contributed by atoms with Gasteiger partial charge in [-0.3, -0.25) is 9.69 Å². The number of nitrogens with zero attached hydrogens (tertiary/aromatic N) is 1. The van der Waals surface area contributed by atoms with E-state index < -0.39 is 0 Å². The Bertz CT molecular complexity index is 599. The van der Waals surface area contributed by atoms with Crippen molar-refractivity contribution in [2.24, 2.45) is 0 Å². The molecule has 1 aromatic heterocycles. The van der Waals surface area contributed by atoms with E-state index in [1.54, 1.807) is 11.3 Å². The van der Waals surface area contributed by atoms with Crippen LogP contribution in [0.25, 0.3) is 0 Å². The van der Waals surface area contributed by atoms with Crippen LogP contribution in [0.5, 0.6) is 5.75 Å². The number of hydrogen-bond donors (Lipinski definition) is 1. The van der Waals surface area contributed by atoms with Gasteiger partial charge < -0.3 is 10.1 Å². The number of benzene rings is 1. The smallest absolute Gasteiger partial charge is 0.234 e. The Morgan fingerprint density at radius 3 is 2.83 bits per heavy atom. The first-order valence-electron chi connectivity index (χ1n) is 7.81. The predicted octanol–water partition coefficient (Wildman–Crippen LogP) is 3.07. The molecule has 0 aliphatic rings. The van der Waals surface area contributed by atoms with Crippen LogP contribution in [0, 0.1) is 6.92 Å². The summed E-state index contributed by atoms with van der Waals surface area (Å²) in [5, 5.41) is 4.95. The fourth-order valence-electron chi connectivity index (χ4n) is 2.21. The second kappa shape index (κ2) is 9.33. The molecule has 1 N–H and O–H groups in total. The molecule has 124 valence electrons. The Morgan fingerprint density at radius 2 is 2.09 bits per heavy atom. The molecule has 0 saturated carbocycles. The number of rotatable bonds is 9. The molecule has 1 heterocycles. The SMILES string of the molecule is Cc1ccccc1OCCCN(C)CC(=O)NCc1cccs1. The van der Waals surface area contributed by atoms with Crippen molar-refractivity contribution in [1.82, 2.24) is 10.2 Å². The lowest BCUT2D eigenvalue weighted by Gasteiger charge is -2.16. The van der Waals surface area contributed by atoms with Gasteiger partial charge in [0.2, 0.25) is 5.91 Å². The molecule has 2 aromatic rings. The van der Waals surface area contributed by atoms with E-state index in [1.165, 1.54) is 4.88 Å². The zero-order chi connectivity index (χ0) is 16.5. The normalized spacial score (nSPS) is 10.7. The quantitative estimate of drug-likeness (QED) is 0.718. The molecule has 0 bridgehead atoms. The number of amides is 1. The minimum Gasteiger partial charge on any atom is -0.493 e. The molecule has 0 aliphatic carbocycles. The summed E-state index contributed by atoms with van der Waals surface area (Å²) in [6, 6.07) is 12.0. The topological polar surface area (TPSA) is 41.6 Å². The van der Waals surface area contributed by atoms with Crippen molar-refractivity contribution in [1.29, 1.82) is 0 Å². The summed E-state index contributed by atoms with van der Waals surface area (Å²) in [7, 11) is 1.96. The highest BCUT2D eigenvalue weighted by Gasteiger charge is 2.06. The van der Waals surface area contributed by atoms with Crippen LogP contribution in [0.3, 0.4) is 0 Å². The lowest BCUT2D eigenvalue weighted by Crippen LogP contribution is -2.35. The molecular weight excluding hydrogens is 308 g/mol. The zero-order valence-corrected chi connectivity index (χ0v) is 14.6. The van der Waals surface area contributed by atoms with Gasteiger partial charge in [-0.1, -0.05) is 24.3 Å². The van der Waals surface area contributed by atoms with E-state index in [2.05, 4.69) is 5.32 Å². The molecule has 0 unspecified atom stereocenters. The Morgan fingerprint density at radius 1 is 1.26 bits per heavy atom. The van der Waals surface area contributed by atoms with Gasteiger partial charge in [0.05, 0.1) is 19.7 Å². The minimum atomic E-state index is 0.0562. The summed E-state index contributed by atoms with van der Waals surface area (Å²) >= 11 is 1.65. The van der Waals surface area contributed by atoms with Crippen molar-refractivity contribution in [3.63, 3.8) is 0 Å². The predicted molar refractivity (Wildman–Crippen MR) is 95.0 cm³/mol. The molecule has 0 aliphatic heterocycles.